The Morgan fingerprint density at radius 1 is 1.07 bits per heavy atom. The molecule has 2 N–H and O–H groups in total. The number of rotatable bonds is 7. The Morgan fingerprint density at radius 3 is 2.29 bits per heavy atom. The summed E-state index contributed by atoms with van der Waals surface area (Å²) >= 11 is 0. The maximum Gasteiger partial charge on any atom is 0.319 e. The highest BCUT2D eigenvalue weighted by Gasteiger charge is 2.21. The van der Waals surface area contributed by atoms with E-state index in [-0.39, 0.29) is 17.6 Å². The summed E-state index contributed by atoms with van der Waals surface area (Å²) in [4.78, 5) is 12.4. The van der Waals surface area contributed by atoms with Crippen LogP contribution in [0.2, 0.25) is 0 Å². The molecule has 0 aliphatic carbocycles. The number of anilines is 1. The van der Waals surface area contributed by atoms with Crippen molar-refractivity contribution < 1.29 is 13.6 Å². The third-order valence-corrected chi connectivity index (χ3v) is 4.68. The van der Waals surface area contributed by atoms with Crippen molar-refractivity contribution in [2.24, 2.45) is 5.92 Å². The average Bonchev–Trinajstić information content (AvgIpc) is 3.01. The monoisotopic (exact) mass is 392 g/mol. The van der Waals surface area contributed by atoms with Gasteiger partial charge in [0.05, 0.1) is 24.0 Å². The highest BCUT2D eigenvalue weighted by molar-refractivity contribution is 5.89. The SMILES string of the molecule is CC(C)c1cc(C(C)C)n(CC(NC(=O)Nc2ccc(F)cc2F)C(C)C)n1. The molecule has 1 atom stereocenters. The minimum Gasteiger partial charge on any atom is -0.333 e. The number of nitrogens with one attached hydrogen (secondary N) is 2. The van der Waals surface area contributed by atoms with Crippen LogP contribution in [0, 0.1) is 17.6 Å². The van der Waals surface area contributed by atoms with Crippen LogP contribution in [-0.2, 0) is 6.54 Å². The number of nitrogens with zero attached hydrogens (tertiary/aromatic N) is 2. The van der Waals surface area contributed by atoms with Gasteiger partial charge in [0.2, 0.25) is 0 Å². The molecule has 0 fully saturated rings. The van der Waals surface area contributed by atoms with Crippen LogP contribution in [0.25, 0.3) is 0 Å². The average molecular weight is 392 g/mol. The molecule has 0 aliphatic heterocycles. The third-order valence-electron chi connectivity index (χ3n) is 4.68. The lowest BCUT2D eigenvalue weighted by atomic mass is 10.0. The standard InChI is InChI=1S/C21H30F2N4O/c1-12(2)18-10-20(14(5)6)27(26-18)11-19(13(3)4)25-21(28)24-17-8-7-15(22)9-16(17)23/h7-10,12-14,19H,11H2,1-6H3,(H2,24,25,28). The Morgan fingerprint density at radius 2 is 1.75 bits per heavy atom. The van der Waals surface area contributed by atoms with Crippen LogP contribution in [0.1, 0.15) is 64.8 Å². The molecule has 28 heavy (non-hydrogen) atoms. The van der Waals surface area contributed by atoms with Crippen molar-refractivity contribution in [3.8, 4) is 0 Å². The van der Waals surface area contributed by atoms with Crippen molar-refractivity contribution in [1.82, 2.24) is 15.1 Å². The lowest BCUT2D eigenvalue weighted by Crippen LogP contribution is -2.44. The molecule has 0 saturated carbocycles. The third kappa shape index (κ3) is 5.53. The van der Waals surface area contributed by atoms with Gasteiger partial charge in [0.1, 0.15) is 11.6 Å². The largest absolute Gasteiger partial charge is 0.333 e. The molecule has 1 aromatic carbocycles. The summed E-state index contributed by atoms with van der Waals surface area (Å²) in [6.07, 6.45) is 0. The van der Waals surface area contributed by atoms with E-state index in [0.717, 1.165) is 23.5 Å². The summed E-state index contributed by atoms with van der Waals surface area (Å²) in [5.41, 5.74) is 2.07. The molecule has 7 heteroatoms. The van der Waals surface area contributed by atoms with Crippen molar-refractivity contribution in [3.63, 3.8) is 0 Å². The lowest BCUT2D eigenvalue weighted by molar-refractivity contribution is 0.240. The van der Waals surface area contributed by atoms with E-state index in [0.29, 0.717) is 18.4 Å². The van der Waals surface area contributed by atoms with Gasteiger partial charge in [-0.2, -0.15) is 5.10 Å². The molecule has 2 amide bonds. The summed E-state index contributed by atoms with van der Waals surface area (Å²) in [6, 6.07) is 4.41. The van der Waals surface area contributed by atoms with Crippen LogP contribution in [0.5, 0.6) is 0 Å². The predicted octanol–water partition coefficient (Wildman–Crippen LogP) is 5.25. The van der Waals surface area contributed by atoms with Gasteiger partial charge >= 0.3 is 6.03 Å². The number of aromatic nitrogens is 2. The van der Waals surface area contributed by atoms with Crippen molar-refractivity contribution >= 4 is 11.7 Å². The number of hydrogen-bond acceptors (Lipinski definition) is 2. The van der Waals surface area contributed by atoms with E-state index >= 15 is 0 Å². The van der Waals surface area contributed by atoms with Crippen LogP contribution in [-0.4, -0.2) is 21.9 Å². The van der Waals surface area contributed by atoms with Gasteiger partial charge in [-0.25, -0.2) is 13.6 Å². The summed E-state index contributed by atoms with van der Waals surface area (Å²) < 4.78 is 28.8. The normalized spacial score (nSPS) is 12.7. The fourth-order valence-corrected chi connectivity index (χ4v) is 2.87. The number of hydrogen-bond donors (Lipinski definition) is 2. The van der Waals surface area contributed by atoms with E-state index in [1.54, 1.807) is 0 Å². The second kappa shape index (κ2) is 9.17. The Labute approximate surface area is 165 Å². The van der Waals surface area contributed by atoms with Crippen LogP contribution < -0.4 is 10.6 Å². The van der Waals surface area contributed by atoms with E-state index in [2.05, 4.69) is 44.4 Å². The predicted molar refractivity (Wildman–Crippen MR) is 108 cm³/mol. The number of urea groups is 1. The minimum atomic E-state index is -0.813. The summed E-state index contributed by atoms with van der Waals surface area (Å²) in [5.74, 6) is -0.754. The zero-order valence-corrected chi connectivity index (χ0v) is 17.4. The van der Waals surface area contributed by atoms with Crippen molar-refractivity contribution in [2.75, 3.05) is 5.32 Å². The molecule has 0 aliphatic rings. The number of amides is 2. The van der Waals surface area contributed by atoms with Gasteiger partial charge in [-0.3, -0.25) is 4.68 Å². The quantitative estimate of drug-likeness (QED) is 0.676. The first-order chi connectivity index (χ1) is 13.1. The number of benzene rings is 1. The molecule has 1 unspecified atom stereocenters. The number of carbonyl (C=O) groups is 1. The van der Waals surface area contributed by atoms with Crippen molar-refractivity contribution in [2.45, 2.75) is 66.0 Å². The Hall–Kier alpha value is -2.44. The number of halogens is 2. The molecule has 5 nitrogen and oxygen atoms in total. The van der Waals surface area contributed by atoms with Crippen LogP contribution in [0.15, 0.2) is 24.3 Å². The molecular weight excluding hydrogens is 362 g/mol. The zero-order chi connectivity index (χ0) is 21.0. The Balaban J connectivity index is 2.14. The Bertz CT molecular complexity index is 815. The van der Waals surface area contributed by atoms with Gasteiger partial charge in [0.25, 0.3) is 0 Å². The number of carbonyl (C=O) groups excluding carboxylic acids is 1. The van der Waals surface area contributed by atoms with E-state index in [1.807, 2.05) is 18.5 Å². The van der Waals surface area contributed by atoms with Gasteiger partial charge in [-0.1, -0.05) is 41.5 Å². The maximum absolute atomic E-state index is 13.8. The first-order valence-electron chi connectivity index (χ1n) is 9.68. The second-order valence-corrected chi connectivity index (χ2v) is 8.06. The molecule has 0 saturated heterocycles. The molecule has 2 rings (SSSR count). The summed E-state index contributed by atoms with van der Waals surface area (Å²) in [5, 5.41) is 10.0. The molecule has 0 radical (unpaired) electrons. The fourth-order valence-electron chi connectivity index (χ4n) is 2.87. The first-order valence-corrected chi connectivity index (χ1v) is 9.68. The van der Waals surface area contributed by atoms with E-state index in [1.165, 1.54) is 6.07 Å². The minimum absolute atomic E-state index is 0.0644. The van der Waals surface area contributed by atoms with Gasteiger partial charge in [-0.05, 0) is 36.0 Å². The molecule has 0 bridgehead atoms. The zero-order valence-electron chi connectivity index (χ0n) is 17.4. The van der Waals surface area contributed by atoms with Gasteiger partial charge in [-0.15, -0.1) is 0 Å². The van der Waals surface area contributed by atoms with E-state index in [9.17, 15) is 13.6 Å². The molecule has 1 heterocycles. The van der Waals surface area contributed by atoms with Gasteiger partial charge in [0.15, 0.2) is 0 Å². The van der Waals surface area contributed by atoms with Gasteiger partial charge in [0, 0.05) is 11.8 Å². The van der Waals surface area contributed by atoms with E-state index < -0.39 is 17.7 Å². The van der Waals surface area contributed by atoms with Crippen LogP contribution in [0.4, 0.5) is 19.3 Å². The summed E-state index contributed by atoms with van der Waals surface area (Å²) in [6.45, 7) is 12.9. The second-order valence-electron chi connectivity index (χ2n) is 8.06. The summed E-state index contributed by atoms with van der Waals surface area (Å²) in [7, 11) is 0. The van der Waals surface area contributed by atoms with Gasteiger partial charge < -0.3 is 10.6 Å². The van der Waals surface area contributed by atoms with Crippen LogP contribution >= 0.6 is 0 Å². The van der Waals surface area contributed by atoms with E-state index in [4.69, 9.17) is 5.10 Å². The Kier molecular flexibility index (Phi) is 7.16. The molecular formula is C21H30F2N4O. The molecule has 154 valence electrons. The topological polar surface area (TPSA) is 59.0 Å². The highest BCUT2D eigenvalue weighted by atomic mass is 19.1. The molecule has 0 spiro atoms. The lowest BCUT2D eigenvalue weighted by Gasteiger charge is -2.24. The molecule has 1 aromatic heterocycles. The van der Waals surface area contributed by atoms with Crippen LogP contribution in [0.3, 0.4) is 0 Å². The van der Waals surface area contributed by atoms with Crippen molar-refractivity contribution in [1.29, 1.82) is 0 Å². The maximum atomic E-state index is 13.8. The molecule has 2 aromatic rings. The smallest absolute Gasteiger partial charge is 0.319 e. The fraction of sp³-hybridized carbons (Fsp3) is 0.524. The first kappa shape index (κ1) is 21.9. The van der Waals surface area contributed by atoms with Crippen molar-refractivity contribution in [3.05, 3.63) is 47.3 Å². The highest BCUT2D eigenvalue weighted by Crippen LogP contribution is 2.22.